The van der Waals surface area contributed by atoms with E-state index in [9.17, 15) is 4.79 Å². The van der Waals surface area contributed by atoms with Crippen LogP contribution in [-0.2, 0) is 14.3 Å². The number of hydrogen-bond acceptors (Lipinski definition) is 5. The molecule has 0 unspecified atom stereocenters. The molecule has 0 aromatic carbocycles. The largest absolute Gasteiger partial charge is 0.347 e. The fourth-order valence-electron chi connectivity index (χ4n) is 3.50. The van der Waals surface area contributed by atoms with Crippen molar-refractivity contribution in [2.75, 3.05) is 44.3 Å². The standard InChI is InChI=1S/C19H27N3O3/c1-2-18(23)22(17-6-5-9-20-16-17)11-4-3-10-21-12-7-19(8-13-21)24-14-15-25-19/h2,5-6,9,16H,1,3-4,7-8,10-15H2. The summed E-state index contributed by atoms with van der Waals surface area (Å²) in [7, 11) is 0. The SMILES string of the molecule is C=CC(=O)N(CCCCN1CCC2(CC1)OCCO2)c1cccnc1. The third kappa shape index (κ3) is 4.66. The molecule has 0 radical (unpaired) electrons. The molecule has 0 N–H and O–H groups in total. The van der Waals surface area contributed by atoms with Gasteiger partial charge in [-0.25, -0.2) is 0 Å². The maximum absolute atomic E-state index is 12.1. The van der Waals surface area contributed by atoms with E-state index in [4.69, 9.17) is 9.47 Å². The molecule has 0 atom stereocenters. The number of anilines is 1. The number of amides is 1. The van der Waals surface area contributed by atoms with Crippen LogP contribution in [0.3, 0.4) is 0 Å². The number of piperidine rings is 1. The number of hydrogen-bond donors (Lipinski definition) is 0. The number of carbonyl (C=O) groups is 1. The Kier molecular flexibility index (Phi) is 6.18. The molecule has 2 aliphatic rings. The van der Waals surface area contributed by atoms with E-state index in [1.54, 1.807) is 17.3 Å². The molecule has 136 valence electrons. The van der Waals surface area contributed by atoms with Crippen molar-refractivity contribution < 1.29 is 14.3 Å². The predicted octanol–water partition coefficient (Wildman–Crippen LogP) is 2.22. The molecule has 25 heavy (non-hydrogen) atoms. The second-order valence-corrected chi connectivity index (χ2v) is 6.56. The first-order valence-corrected chi connectivity index (χ1v) is 9.07. The zero-order valence-electron chi connectivity index (χ0n) is 14.7. The number of likely N-dealkylation sites (tertiary alicyclic amines) is 1. The second kappa shape index (κ2) is 8.56. The van der Waals surface area contributed by atoms with E-state index in [-0.39, 0.29) is 11.7 Å². The Morgan fingerprint density at radius 1 is 1.32 bits per heavy atom. The summed E-state index contributed by atoms with van der Waals surface area (Å²) >= 11 is 0. The molecule has 0 saturated carbocycles. The smallest absolute Gasteiger partial charge is 0.250 e. The molecule has 3 rings (SSSR count). The van der Waals surface area contributed by atoms with Crippen LogP contribution in [0.2, 0.25) is 0 Å². The summed E-state index contributed by atoms with van der Waals surface area (Å²) in [5.74, 6) is -0.382. The zero-order chi connectivity index (χ0) is 17.5. The van der Waals surface area contributed by atoms with Crippen molar-refractivity contribution >= 4 is 11.6 Å². The number of nitrogens with zero attached hydrogens (tertiary/aromatic N) is 3. The van der Waals surface area contributed by atoms with E-state index >= 15 is 0 Å². The Bertz CT molecular complexity index is 563. The van der Waals surface area contributed by atoms with Gasteiger partial charge in [0.2, 0.25) is 5.91 Å². The lowest BCUT2D eigenvalue weighted by molar-refractivity contribution is -0.185. The minimum atomic E-state index is -0.302. The first kappa shape index (κ1) is 18.0. The first-order chi connectivity index (χ1) is 12.2. The first-order valence-electron chi connectivity index (χ1n) is 9.07. The van der Waals surface area contributed by atoms with Gasteiger partial charge in [-0.1, -0.05) is 6.58 Å². The third-order valence-corrected chi connectivity index (χ3v) is 4.94. The van der Waals surface area contributed by atoms with Crippen molar-refractivity contribution in [1.29, 1.82) is 0 Å². The second-order valence-electron chi connectivity index (χ2n) is 6.56. The zero-order valence-corrected chi connectivity index (χ0v) is 14.7. The van der Waals surface area contributed by atoms with Gasteiger partial charge in [0.05, 0.1) is 25.1 Å². The van der Waals surface area contributed by atoms with Crippen LogP contribution >= 0.6 is 0 Å². The number of pyridine rings is 1. The van der Waals surface area contributed by atoms with Gasteiger partial charge in [-0.05, 0) is 37.6 Å². The summed E-state index contributed by atoms with van der Waals surface area (Å²) in [4.78, 5) is 20.4. The van der Waals surface area contributed by atoms with Gasteiger partial charge in [0.25, 0.3) is 0 Å². The lowest BCUT2D eigenvalue weighted by Crippen LogP contribution is -2.45. The van der Waals surface area contributed by atoms with Crippen molar-refractivity contribution in [2.45, 2.75) is 31.5 Å². The number of ether oxygens (including phenoxy) is 2. The van der Waals surface area contributed by atoms with E-state index in [0.717, 1.165) is 64.2 Å². The minimum absolute atomic E-state index is 0.0801. The van der Waals surface area contributed by atoms with Crippen molar-refractivity contribution in [3.05, 3.63) is 37.2 Å². The van der Waals surface area contributed by atoms with Crippen molar-refractivity contribution in [3.63, 3.8) is 0 Å². The Balaban J connectivity index is 1.41. The Hall–Kier alpha value is -1.76. The van der Waals surface area contributed by atoms with Crippen LogP contribution in [0.1, 0.15) is 25.7 Å². The molecule has 6 heteroatoms. The van der Waals surface area contributed by atoms with Gasteiger partial charge >= 0.3 is 0 Å². The van der Waals surface area contributed by atoms with Gasteiger partial charge in [0.1, 0.15) is 0 Å². The van der Waals surface area contributed by atoms with Crippen LogP contribution in [0.4, 0.5) is 5.69 Å². The molecule has 1 aromatic rings. The maximum atomic E-state index is 12.1. The lowest BCUT2D eigenvalue weighted by Gasteiger charge is -2.37. The monoisotopic (exact) mass is 345 g/mol. The van der Waals surface area contributed by atoms with Gasteiger partial charge < -0.3 is 19.3 Å². The van der Waals surface area contributed by atoms with Crippen LogP contribution in [-0.4, -0.2) is 61.0 Å². The molecule has 2 fully saturated rings. The Morgan fingerprint density at radius 3 is 2.72 bits per heavy atom. The van der Waals surface area contributed by atoms with E-state index in [1.807, 2.05) is 12.1 Å². The molecule has 6 nitrogen and oxygen atoms in total. The fraction of sp³-hybridized carbons (Fsp3) is 0.579. The number of carbonyl (C=O) groups excluding carboxylic acids is 1. The molecule has 0 bridgehead atoms. The van der Waals surface area contributed by atoms with Crippen molar-refractivity contribution in [1.82, 2.24) is 9.88 Å². The third-order valence-electron chi connectivity index (χ3n) is 4.94. The highest BCUT2D eigenvalue weighted by Gasteiger charge is 2.39. The highest BCUT2D eigenvalue weighted by molar-refractivity contribution is 6.00. The summed E-state index contributed by atoms with van der Waals surface area (Å²) in [5, 5.41) is 0. The number of rotatable bonds is 7. The fourth-order valence-corrected chi connectivity index (χ4v) is 3.50. The van der Waals surface area contributed by atoms with E-state index in [1.165, 1.54) is 6.08 Å². The minimum Gasteiger partial charge on any atom is -0.347 e. The molecular formula is C19H27N3O3. The summed E-state index contributed by atoms with van der Waals surface area (Å²) in [6, 6.07) is 3.75. The van der Waals surface area contributed by atoms with Crippen LogP contribution in [0.25, 0.3) is 0 Å². The molecule has 0 aliphatic carbocycles. The highest BCUT2D eigenvalue weighted by atomic mass is 16.7. The Labute approximate surface area is 149 Å². The van der Waals surface area contributed by atoms with Gasteiger partial charge in [-0.2, -0.15) is 0 Å². The van der Waals surface area contributed by atoms with Crippen molar-refractivity contribution in [3.8, 4) is 0 Å². The van der Waals surface area contributed by atoms with Crippen molar-refractivity contribution in [2.24, 2.45) is 0 Å². The molecular weight excluding hydrogens is 318 g/mol. The van der Waals surface area contributed by atoms with Gasteiger partial charge in [-0.15, -0.1) is 0 Å². The quantitative estimate of drug-likeness (QED) is 0.560. The highest BCUT2D eigenvalue weighted by Crippen LogP contribution is 2.31. The van der Waals surface area contributed by atoms with E-state index < -0.39 is 0 Å². The average molecular weight is 345 g/mol. The molecule has 1 amide bonds. The molecule has 3 heterocycles. The molecule has 2 saturated heterocycles. The average Bonchev–Trinajstić information content (AvgIpc) is 3.11. The summed E-state index contributed by atoms with van der Waals surface area (Å²) in [6.07, 6.45) is 8.68. The van der Waals surface area contributed by atoms with E-state index in [2.05, 4.69) is 16.5 Å². The molecule has 1 spiro atoms. The molecule has 2 aliphatic heterocycles. The summed E-state index contributed by atoms with van der Waals surface area (Å²) in [6.45, 7) is 8.79. The van der Waals surface area contributed by atoms with Gasteiger partial charge in [0.15, 0.2) is 5.79 Å². The Morgan fingerprint density at radius 2 is 2.08 bits per heavy atom. The van der Waals surface area contributed by atoms with Crippen LogP contribution in [0.15, 0.2) is 37.2 Å². The topological polar surface area (TPSA) is 54.9 Å². The summed E-state index contributed by atoms with van der Waals surface area (Å²) in [5.41, 5.74) is 0.822. The molecule has 1 aromatic heterocycles. The number of aromatic nitrogens is 1. The predicted molar refractivity (Wildman–Crippen MR) is 96.3 cm³/mol. The maximum Gasteiger partial charge on any atom is 0.250 e. The normalized spacial score (nSPS) is 19.8. The van der Waals surface area contributed by atoms with Crippen LogP contribution in [0, 0.1) is 0 Å². The number of unbranched alkanes of at least 4 members (excludes halogenated alkanes) is 1. The van der Waals surface area contributed by atoms with Crippen LogP contribution in [0.5, 0.6) is 0 Å². The van der Waals surface area contributed by atoms with Gasteiger partial charge in [0, 0.05) is 38.7 Å². The summed E-state index contributed by atoms with van der Waals surface area (Å²) < 4.78 is 11.5. The van der Waals surface area contributed by atoms with Crippen LogP contribution < -0.4 is 4.90 Å². The van der Waals surface area contributed by atoms with E-state index in [0.29, 0.717) is 6.54 Å². The van der Waals surface area contributed by atoms with Gasteiger partial charge in [-0.3, -0.25) is 9.78 Å². The lowest BCUT2D eigenvalue weighted by atomic mass is 10.0.